The summed E-state index contributed by atoms with van der Waals surface area (Å²) in [5.74, 6) is 0.734. The van der Waals surface area contributed by atoms with E-state index < -0.39 is 0 Å². The van der Waals surface area contributed by atoms with E-state index in [4.69, 9.17) is 9.73 Å². The van der Waals surface area contributed by atoms with Gasteiger partial charge in [-0.05, 0) is 43.9 Å². The number of carbonyl (C=O) groups excluding carboxylic acids is 2. The van der Waals surface area contributed by atoms with Crippen molar-refractivity contribution in [1.29, 1.82) is 0 Å². The number of piperidine rings is 1. The minimum Gasteiger partial charge on any atom is -0.469 e. The number of benzene rings is 1. The zero-order valence-corrected chi connectivity index (χ0v) is 18.0. The lowest BCUT2D eigenvalue weighted by Gasteiger charge is -2.33. The third-order valence-corrected chi connectivity index (χ3v) is 5.33. The fourth-order valence-corrected chi connectivity index (χ4v) is 3.28. The van der Waals surface area contributed by atoms with Crippen LogP contribution in [0.4, 0.5) is 5.69 Å². The maximum Gasteiger partial charge on any atom is 0.308 e. The minimum atomic E-state index is -0.122. The monoisotopic (exact) mass is 402 g/mol. The molecule has 1 aliphatic heterocycles. The second kappa shape index (κ2) is 11.4. The molecule has 1 heterocycles. The molecule has 2 N–H and O–H groups in total. The van der Waals surface area contributed by atoms with E-state index in [1.54, 1.807) is 0 Å². The molecule has 0 radical (unpaired) electrons. The zero-order valence-electron chi connectivity index (χ0n) is 18.0. The summed E-state index contributed by atoms with van der Waals surface area (Å²) in [6.45, 7) is 8.82. The Labute approximate surface area is 173 Å². The number of nitrogens with zero attached hydrogens (tertiary/aromatic N) is 2. The van der Waals surface area contributed by atoms with E-state index in [1.807, 2.05) is 45.0 Å². The molecule has 0 aliphatic carbocycles. The van der Waals surface area contributed by atoms with Crippen LogP contribution in [0.3, 0.4) is 0 Å². The Balaban J connectivity index is 2.01. The molecule has 1 aromatic carbocycles. The van der Waals surface area contributed by atoms with Crippen molar-refractivity contribution in [3.05, 3.63) is 29.8 Å². The third-order valence-electron chi connectivity index (χ3n) is 5.33. The van der Waals surface area contributed by atoms with E-state index >= 15 is 0 Å². The molecule has 2 rings (SSSR count). The topological polar surface area (TPSA) is 83.0 Å². The van der Waals surface area contributed by atoms with Crippen LogP contribution in [-0.4, -0.2) is 49.5 Å². The Morgan fingerprint density at radius 1 is 1.28 bits per heavy atom. The number of ether oxygens (including phenoxy) is 1. The van der Waals surface area contributed by atoms with Gasteiger partial charge in [-0.2, -0.15) is 0 Å². The normalized spacial score (nSPS) is 16.3. The maximum absolute atomic E-state index is 12.1. The maximum atomic E-state index is 12.1. The van der Waals surface area contributed by atoms with Crippen molar-refractivity contribution in [1.82, 2.24) is 10.2 Å². The smallest absolute Gasteiger partial charge is 0.308 e. The number of esters is 1. The van der Waals surface area contributed by atoms with Crippen LogP contribution >= 0.6 is 0 Å². The second-order valence-corrected chi connectivity index (χ2v) is 7.45. The summed E-state index contributed by atoms with van der Waals surface area (Å²) in [6, 6.07) is 7.81. The number of likely N-dealkylation sites (tertiary alicyclic amines) is 1. The largest absolute Gasteiger partial charge is 0.469 e. The number of carbonyl (C=O) groups is 2. The van der Waals surface area contributed by atoms with Crippen molar-refractivity contribution in [3.8, 4) is 0 Å². The predicted molar refractivity (Wildman–Crippen MR) is 116 cm³/mol. The lowest BCUT2D eigenvalue weighted by atomic mass is 9.97. The molecule has 1 saturated heterocycles. The van der Waals surface area contributed by atoms with E-state index in [1.165, 1.54) is 7.11 Å². The summed E-state index contributed by atoms with van der Waals surface area (Å²) in [4.78, 5) is 30.8. The number of methoxy groups -OCH3 is 1. The van der Waals surface area contributed by atoms with Crippen molar-refractivity contribution in [2.75, 3.05) is 32.1 Å². The highest BCUT2D eigenvalue weighted by Gasteiger charge is 2.26. The molecule has 160 valence electrons. The number of aliphatic imine (C=N–C) groups is 1. The molecular weight excluding hydrogens is 368 g/mol. The standard InChI is InChI=1S/C22H34N4O3/c1-5-16(3)20(27)25-19-9-7-8-17(14-19)15-24-22(23-6-2)26-12-10-18(11-13-26)21(28)29-4/h7-9,14,16,18H,5-6,10-13,15H2,1-4H3,(H,23,24)(H,25,27). The number of nitrogens with one attached hydrogen (secondary N) is 2. The molecule has 0 bridgehead atoms. The number of hydrogen-bond donors (Lipinski definition) is 2. The molecule has 1 aromatic rings. The van der Waals surface area contributed by atoms with Gasteiger partial charge in [0.2, 0.25) is 5.91 Å². The van der Waals surface area contributed by atoms with Gasteiger partial charge >= 0.3 is 5.97 Å². The Hall–Kier alpha value is -2.57. The van der Waals surface area contributed by atoms with Crippen LogP contribution in [0, 0.1) is 11.8 Å². The quantitative estimate of drug-likeness (QED) is 0.416. The Kier molecular flexibility index (Phi) is 8.96. The average Bonchev–Trinajstić information content (AvgIpc) is 2.75. The van der Waals surface area contributed by atoms with Gasteiger partial charge in [-0.1, -0.05) is 26.0 Å². The van der Waals surface area contributed by atoms with Crippen LogP contribution in [0.5, 0.6) is 0 Å². The summed E-state index contributed by atoms with van der Waals surface area (Å²) in [5, 5.41) is 6.31. The number of amides is 1. The van der Waals surface area contributed by atoms with Crippen molar-refractivity contribution >= 4 is 23.5 Å². The van der Waals surface area contributed by atoms with Crippen molar-refractivity contribution in [2.45, 2.75) is 46.6 Å². The molecule has 7 nitrogen and oxygen atoms in total. The Morgan fingerprint density at radius 2 is 2.00 bits per heavy atom. The first-order chi connectivity index (χ1) is 14.0. The molecule has 1 aliphatic rings. The summed E-state index contributed by atoms with van der Waals surface area (Å²) >= 11 is 0. The third kappa shape index (κ3) is 6.76. The van der Waals surface area contributed by atoms with Crippen molar-refractivity contribution in [3.63, 3.8) is 0 Å². The summed E-state index contributed by atoms with van der Waals surface area (Å²) in [6.07, 6.45) is 2.36. The highest BCUT2D eigenvalue weighted by atomic mass is 16.5. The first kappa shape index (κ1) is 22.7. The molecule has 1 amide bonds. The molecular formula is C22H34N4O3. The molecule has 0 saturated carbocycles. The molecule has 29 heavy (non-hydrogen) atoms. The van der Waals surface area contributed by atoms with Gasteiger partial charge in [0.25, 0.3) is 0 Å². The molecule has 1 fully saturated rings. The van der Waals surface area contributed by atoms with Gasteiger partial charge in [-0.15, -0.1) is 0 Å². The average molecular weight is 403 g/mol. The Bertz CT molecular complexity index is 712. The second-order valence-electron chi connectivity index (χ2n) is 7.45. The molecule has 7 heteroatoms. The number of rotatable bonds is 7. The summed E-state index contributed by atoms with van der Waals surface area (Å²) in [7, 11) is 1.44. The van der Waals surface area contributed by atoms with Gasteiger partial charge in [0.05, 0.1) is 19.6 Å². The number of anilines is 1. The number of guanidine groups is 1. The predicted octanol–water partition coefficient (Wildman–Crippen LogP) is 3.02. The van der Waals surface area contributed by atoms with Gasteiger partial charge in [-0.25, -0.2) is 4.99 Å². The summed E-state index contributed by atoms with van der Waals surface area (Å²) < 4.78 is 4.87. The van der Waals surface area contributed by atoms with Crippen molar-refractivity contribution < 1.29 is 14.3 Å². The first-order valence-electron chi connectivity index (χ1n) is 10.5. The highest BCUT2D eigenvalue weighted by Crippen LogP contribution is 2.19. The summed E-state index contributed by atoms with van der Waals surface area (Å²) in [5.41, 5.74) is 1.83. The van der Waals surface area contributed by atoms with Crippen molar-refractivity contribution in [2.24, 2.45) is 16.8 Å². The zero-order chi connectivity index (χ0) is 21.2. The van der Waals surface area contributed by atoms with E-state index in [2.05, 4.69) is 15.5 Å². The van der Waals surface area contributed by atoms with Crippen LogP contribution in [0.15, 0.2) is 29.3 Å². The molecule has 1 unspecified atom stereocenters. The van der Waals surface area contributed by atoms with E-state index in [9.17, 15) is 9.59 Å². The molecule has 0 spiro atoms. The van der Waals surface area contributed by atoms with E-state index in [0.717, 1.165) is 56.1 Å². The number of hydrogen-bond acceptors (Lipinski definition) is 4. The van der Waals surface area contributed by atoms with Gasteiger partial charge < -0.3 is 20.3 Å². The SMILES string of the molecule is CCNC(=NCc1cccc(NC(=O)C(C)CC)c1)N1CCC(C(=O)OC)CC1. The molecule has 1 atom stereocenters. The minimum absolute atomic E-state index is 0.00930. The lowest BCUT2D eigenvalue weighted by Crippen LogP contribution is -2.46. The van der Waals surface area contributed by atoms with Crippen LogP contribution < -0.4 is 10.6 Å². The fraction of sp³-hybridized carbons (Fsp3) is 0.591. The van der Waals surface area contributed by atoms with Gasteiger partial charge in [0.15, 0.2) is 5.96 Å². The van der Waals surface area contributed by atoms with Crippen LogP contribution in [0.1, 0.15) is 45.6 Å². The van der Waals surface area contributed by atoms with Crippen LogP contribution in [0.2, 0.25) is 0 Å². The fourth-order valence-electron chi connectivity index (χ4n) is 3.28. The first-order valence-corrected chi connectivity index (χ1v) is 10.5. The van der Waals surface area contributed by atoms with Crippen LogP contribution in [0.25, 0.3) is 0 Å². The van der Waals surface area contributed by atoms with Gasteiger partial charge in [0, 0.05) is 31.2 Å². The highest BCUT2D eigenvalue weighted by molar-refractivity contribution is 5.92. The molecule has 0 aromatic heterocycles. The van der Waals surface area contributed by atoms with Gasteiger partial charge in [-0.3, -0.25) is 9.59 Å². The lowest BCUT2D eigenvalue weighted by molar-refractivity contribution is -0.146. The van der Waals surface area contributed by atoms with Crippen LogP contribution in [-0.2, 0) is 20.9 Å². The Morgan fingerprint density at radius 3 is 2.62 bits per heavy atom. The van der Waals surface area contributed by atoms with Gasteiger partial charge in [0.1, 0.15) is 0 Å². The van der Waals surface area contributed by atoms with E-state index in [-0.39, 0.29) is 23.7 Å². The van der Waals surface area contributed by atoms with E-state index in [0.29, 0.717) is 6.54 Å².